The van der Waals surface area contributed by atoms with E-state index < -0.39 is 17.8 Å². The van der Waals surface area contributed by atoms with Crippen molar-refractivity contribution >= 4 is 17.8 Å². The van der Waals surface area contributed by atoms with Crippen molar-refractivity contribution in [2.45, 2.75) is 18.9 Å². The predicted molar refractivity (Wildman–Crippen MR) is 95.4 cm³/mol. The van der Waals surface area contributed by atoms with Crippen molar-refractivity contribution < 1.29 is 23.5 Å². The Morgan fingerprint density at radius 2 is 1.93 bits per heavy atom. The number of hydrogen-bond acceptors (Lipinski definition) is 5. The first-order valence-corrected chi connectivity index (χ1v) is 9.15. The summed E-state index contributed by atoms with van der Waals surface area (Å²) >= 11 is 0. The van der Waals surface area contributed by atoms with Crippen molar-refractivity contribution in [3.63, 3.8) is 0 Å². The number of esters is 1. The molecule has 7 nitrogen and oxygen atoms in total. The van der Waals surface area contributed by atoms with Gasteiger partial charge in [0, 0.05) is 24.6 Å². The normalized spacial score (nSPS) is 21.0. The van der Waals surface area contributed by atoms with Crippen LogP contribution in [0.5, 0.6) is 0 Å². The standard InChI is InChI=1S/C19H24FN3O4/c1-27-19(26)16-12-22(17(24)14-3-2-4-15(20)11-14)9-10-23(16)18(25)13-5-7-21-8-6-13/h2-4,11,13,16,21H,5-10,12H2,1H3/t16-/m1/s1. The van der Waals surface area contributed by atoms with Gasteiger partial charge in [0.25, 0.3) is 5.91 Å². The fourth-order valence-electron chi connectivity index (χ4n) is 3.68. The third kappa shape index (κ3) is 4.27. The molecular formula is C19H24FN3O4. The molecule has 0 aromatic heterocycles. The summed E-state index contributed by atoms with van der Waals surface area (Å²) in [5, 5.41) is 3.22. The summed E-state index contributed by atoms with van der Waals surface area (Å²) in [6.45, 7) is 2.14. The summed E-state index contributed by atoms with van der Waals surface area (Å²) in [4.78, 5) is 40.9. The van der Waals surface area contributed by atoms with Gasteiger partial charge in [-0.15, -0.1) is 0 Å². The van der Waals surface area contributed by atoms with E-state index >= 15 is 0 Å². The fourth-order valence-corrected chi connectivity index (χ4v) is 3.68. The quantitative estimate of drug-likeness (QED) is 0.783. The summed E-state index contributed by atoms with van der Waals surface area (Å²) in [5.74, 6) is -1.59. The number of nitrogens with one attached hydrogen (secondary N) is 1. The highest BCUT2D eigenvalue weighted by atomic mass is 19.1. The zero-order chi connectivity index (χ0) is 19.4. The first-order valence-electron chi connectivity index (χ1n) is 9.15. The topological polar surface area (TPSA) is 79.0 Å². The zero-order valence-electron chi connectivity index (χ0n) is 15.3. The van der Waals surface area contributed by atoms with Crippen LogP contribution in [0.3, 0.4) is 0 Å². The van der Waals surface area contributed by atoms with E-state index in [0.717, 1.165) is 25.9 Å². The number of benzene rings is 1. The Hall–Kier alpha value is -2.48. The third-order valence-electron chi connectivity index (χ3n) is 5.18. The largest absolute Gasteiger partial charge is 0.467 e. The van der Waals surface area contributed by atoms with Crippen molar-refractivity contribution in [2.75, 3.05) is 39.8 Å². The Morgan fingerprint density at radius 1 is 1.19 bits per heavy atom. The van der Waals surface area contributed by atoms with E-state index in [9.17, 15) is 18.8 Å². The minimum Gasteiger partial charge on any atom is -0.467 e. The zero-order valence-corrected chi connectivity index (χ0v) is 15.3. The van der Waals surface area contributed by atoms with Gasteiger partial charge in [0.15, 0.2) is 0 Å². The Morgan fingerprint density at radius 3 is 2.59 bits per heavy atom. The molecule has 2 fully saturated rings. The van der Waals surface area contributed by atoms with E-state index in [2.05, 4.69) is 5.32 Å². The second kappa shape index (κ2) is 8.47. The van der Waals surface area contributed by atoms with E-state index in [1.807, 2.05) is 0 Å². The van der Waals surface area contributed by atoms with Crippen molar-refractivity contribution in [3.05, 3.63) is 35.6 Å². The van der Waals surface area contributed by atoms with Crippen LogP contribution in [-0.2, 0) is 14.3 Å². The molecule has 0 radical (unpaired) electrons. The first kappa shape index (κ1) is 19.3. The molecule has 1 N–H and O–H groups in total. The highest BCUT2D eigenvalue weighted by molar-refractivity contribution is 5.95. The van der Waals surface area contributed by atoms with Crippen molar-refractivity contribution in [1.29, 1.82) is 0 Å². The summed E-state index contributed by atoms with van der Waals surface area (Å²) in [7, 11) is 1.27. The molecule has 2 aliphatic heterocycles. The molecular weight excluding hydrogens is 353 g/mol. The van der Waals surface area contributed by atoms with Gasteiger partial charge in [-0.25, -0.2) is 9.18 Å². The van der Waals surface area contributed by atoms with Gasteiger partial charge in [-0.05, 0) is 44.1 Å². The number of methoxy groups -OCH3 is 1. The van der Waals surface area contributed by atoms with E-state index in [1.54, 1.807) is 0 Å². The number of nitrogens with zero attached hydrogens (tertiary/aromatic N) is 2. The van der Waals surface area contributed by atoms with Crippen LogP contribution in [0.4, 0.5) is 4.39 Å². The lowest BCUT2D eigenvalue weighted by molar-refractivity contribution is -0.157. The van der Waals surface area contributed by atoms with E-state index in [4.69, 9.17) is 4.74 Å². The van der Waals surface area contributed by atoms with Crippen molar-refractivity contribution in [2.24, 2.45) is 5.92 Å². The first-order chi connectivity index (χ1) is 13.0. The molecule has 146 valence electrons. The minimum absolute atomic E-state index is 0.0404. The fraction of sp³-hybridized carbons (Fsp3) is 0.526. The molecule has 1 atom stereocenters. The molecule has 3 rings (SSSR count). The van der Waals surface area contributed by atoms with Crippen LogP contribution < -0.4 is 5.32 Å². The lowest BCUT2D eigenvalue weighted by Crippen LogP contribution is -2.61. The Labute approximate surface area is 157 Å². The van der Waals surface area contributed by atoms with Gasteiger partial charge < -0.3 is 19.9 Å². The third-order valence-corrected chi connectivity index (χ3v) is 5.18. The number of hydrogen-bond donors (Lipinski definition) is 1. The SMILES string of the molecule is COC(=O)[C@H]1CN(C(=O)c2cccc(F)c2)CCN1C(=O)C1CCNCC1. The predicted octanol–water partition coefficient (Wildman–Crippen LogP) is 0.651. The second-order valence-corrected chi connectivity index (χ2v) is 6.86. The van der Waals surface area contributed by atoms with Crippen molar-refractivity contribution in [1.82, 2.24) is 15.1 Å². The number of piperazine rings is 1. The van der Waals surface area contributed by atoms with Gasteiger partial charge in [0.2, 0.25) is 5.91 Å². The molecule has 2 saturated heterocycles. The van der Waals surface area contributed by atoms with Crippen LogP contribution in [-0.4, -0.2) is 73.5 Å². The summed E-state index contributed by atoms with van der Waals surface area (Å²) in [6.07, 6.45) is 1.46. The minimum atomic E-state index is -0.844. The molecule has 0 saturated carbocycles. The maximum absolute atomic E-state index is 13.4. The highest BCUT2D eigenvalue weighted by Crippen LogP contribution is 2.21. The Bertz CT molecular complexity index is 721. The van der Waals surface area contributed by atoms with E-state index in [1.165, 1.54) is 41.2 Å². The van der Waals surface area contributed by atoms with Gasteiger partial charge >= 0.3 is 5.97 Å². The smallest absolute Gasteiger partial charge is 0.330 e. The number of halogens is 1. The maximum Gasteiger partial charge on any atom is 0.330 e. The van der Waals surface area contributed by atoms with Crippen LogP contribution in [0.1, 0.15) is 23.2 Å². The molecule has 0 unspecified atom stereocenters. The lowest BCUT2D eigenvalue weighted by atomic mass is 9.95. The number of carbonyl (C=O) groups excluding carboxylic acids is 3. The van der Waals surface area contributed by atoms with Gasteiger partial charge in [-0.3, -0.25) is 9.59 Å². The molecule has 1 aromatic rings. The number of rotatable bonds is 3. The molecule has 27 heavy (non-hydrogen) atoms. The van der Waals surface area contributed by atoms with Gasteiger partial charge in [0.05, 0.1) is 13.7 Å². The number of amides is 2. The van der Waals surface area contributed by atoms with Crippen LogP contribution in [0.2, 0.25) is 0 Å². The van der Waals surface area contributed by atoms with Gasteiger partial charge in [-0.1, -0.05) is 6.07 Å². The molecule has 1 aromatic carbocycles. The monoisotopic (exact) mass is 377 g/mol. The number of piperidine rings is 1. The summed E-state index contributed by atoms with van der Waals surface area (Å²) < 4.78 is 18.3. The Balaban J connectivity index is 1.75. The molecule has 0 bridgehead atoms. The molecule has 2 aliphatic rings. The molecule has 2 amide bonds. The molecule has 8 heteroatoms. The van der Waals surface area contributed by atoms with Crippen LogP contribution in [0, 0.1) is 11.7 Å². The van der Waals surface area contributed by atoms with Crippen LogP contribution >= 0.6 is 0 Å². The number of ether oxygens (including phenoxy) is 1. The van der Waals surface area contributed by atoms with Crippen molar-refractivity contribution in [3.8, 4) is 0 Å². The maximum atomic E-state index is 13.4. The number of carbonyl (C=O) groups is 3. The van der Waals surface area contributed by atoms with Gasteiger partial charge in [-0.2, -0.15) is 0 Å². The van der Waals surface area contributed by atoms with Crippen LogP contribution in [0.15, 0.2) is 24.3 Å². The lowest BCUT2D eigenvalue weighted by Gasteiger charge is -2.41. The Kier molecular flexibility index (Phi) is 6.05. The summed E-state index contributed by atoms with van der Waals surface area (Å²) in [5.41, 5.74) is 0.219. The van der Waals surface area contributed by atoms with E-state index in [-0.39, 0.29) is 36.4 Å². The molecule has 0 spiro atoms. The van der Waals surface area contributed by atoms with E-state index in [0.29, 0.717) is 6.54 Å². The average Bonchev–Trinajstić information content (AvgIpc) is 2.72. The highest BCUT2D eigenvalue weighted by Gasteiger charge is 2.40. The second-order valence-electron chi connectivity index (χ2n) is 6.86. The summed E-state index contributed by atoms with van der Waals surface area (Å²) in [6, 6.07) is 4.59. The molecule has 2 heterocycles. The molecule has 0 aliphatic carbocycles. The van der Waals surface area contributed by atoms with Gasteiger partial charge in [0.1, 0.15) is 11.9 Å². The van der Waals surface area contributed by atoms with Crippen LogP contribution in [0.25, 0.3) is 0 Å². The average molecular weight is 377 g/mol.